The van der Waals surface area contributed by atoms with Crippen LogP contribution in [0, 0.1) is 15.9 Å². The Kier molecular flexibility index (Phi) is 4.59. The van der Waals surface area contributed by atoms with E-state index in [2.05, 4.69) is 10.6 Å². The lowest BCUT2D eigenvalue weighted by molar-refractivity contribution is -0.386. The molecule has 1 aromatic rings. The van der Waals surface area contributed by atoms with Crippen LogP contribution in [0.1, 0.15) is 13.8 Å². The fourth-order valence-electron chi connectivity index (χ4n) is 1.44. The fraction of sp³-hybridized carbons (Fsp3) is 0.364. The van der Waals surface area contributed by atoms with Crippen LogP contribution in [0.5, 0.6) is 0 Å². The predicted molar refractivity (Wildman–Crippen MR) is 64.8 cm³/mol. The van der Waals surface area contributed by atoms with Crippen molar-refractivity contribution in [1.82, 2.24) is 5.32 Å². The van der Waals surface area contributed by atoms with Gasteiger partial charge in [-0.25, -0.2) is 0 Å². The van der Waals surface area contributed by atoms with Crippen LogP contribution < -0.4 is 10.6 Å². The number of para-hydroxylation sites is 1. The SMILES string of the molecule is CCNC(=O)C(C)Nc1cccc(F)c1[N+](=O)[O-]. The molecule has 98 valence electrons. The van der Waals surface area contributed by atoms with Gasteiger partial charge in [0.1, 0.15) is 11.7 Å². The zero-order chi connectivity index (χ0) is 13.7. The van der Waals surface area contributed by atoms with Crippen LogP contribution in [0.2, 0.25) is 0 Å². The number of nitro benzene ring substituents is 1. The molecule has 2 N–H and O–H groups in total. The quantitative estimate of drug-likeness (QED) is 0.619. The summed E-state index contributed by atoms with van der Waals surface area (Å²) in [6.45, 7) is 3.75. The van der Waals surface area contributed by atoms with Crippen molar-refractivity contribution in [1.29, 1.82) is 0 Å². The highest BCUT2D eigenvalue weighted by Gasteiger charge is 2.22. The van der Waals surface area contributed by atoms with Gasteiger partial charge in [0.15, 0.2) is 0 Å². The molecule has 18 heavy (non-hydrogen) atoms. The molecule has 0 aliphatic rings. The van der Waals surface area contributed by atoms with Gasteiger partial charge in [0.05, 0.1) is 4.92 Å². The highest BCUT2D eigenvalue weighted by Crippen LogP contribution is 2.27. The highest BCUT2D eigenvalue weighted by molar-refractivity contribution is 5.85. The normalized spacial score (nSPS) is 11.7. The molecule has 0 aliphatic heterocycles. The van der Waals surface area contributed by atoms with Gasteiger partial charge >= 0.3 is 5.69 Å². The summed E-state index contributed by atoms with van der Waals surface area (Å²) >= 11 is 0. The smallest absolute Gasteiger partial charge is 0.327 e. The molecule has 0 aliphatic carbocycles. The monoisotopic (exact) mass is 255 g/mol. The Balaban J connectivity index is 2.94. The number of halogens is 1. The molecule has 1 unspecified atom stereocenters. The van der Waals surface area contributed by atoms with Crippen molar-refractivity contribution < 1.29 is 14.1 Å². The van der Waals surface area contributed by atoms with Crippen LogP contribution in [0.15, 0.2) is 18.2 Å². The third-order valence-corrected chi connectivity index (χ3v) is 2.29. The topological polar surface area (TPSA) is 84.3 Å². The molecule has 1 rings (SSSR count). The number of rotatable bonds is 5. The number of hydrogen-bond acceptors (Lipinski definition) is 4. The number of nitro groups is 1. The molecule has 7 heteroatoms. The number of likely N-dealkylation sites (N-methyl/N-ethyl adjacent to an activating group) is 1. The maximum atomic E-state index is 13.3. The summed E-state index contributed by atoms with van der Waals surface area (Å²) in [6.07, 6.45) is 0. The van der Waals surface area contributed by atoms with E-state index >= 15 is 0 Å². The van der Waals surface area contributed by atoms with E-state index in [0.29, 0.717) is 6.54 Å². The molecule has 1 amide bonds. The molecule has 0 heterocycles. The molecule has 6 nitrogen and oxygen atoms in total. The van der Waals surface area contributed by atoms with E-state index in [0.717, 1.165) is 6.07 Å². The van der Waals surface area contributed by atoms with Crippen LogP contribution >= 0.6 is 0 Å². The number of amides is 1. The Bertz CT molecular complexity index is 465. The summed E-state index contributed by atoms with van der Waals surface area (Å²) in [5.74, 6) is -1.25. The summed E-state index contributed by atoms with van der Waals surface area (Å²) in [5.41, 5.74) is -0.674. The summed E-state index contributed by atoms with van der Waals surface area (Å²) in [6, 6.07) is 3.01. The van der Waals surface area contributed by atoms with Gasteiger partial charge in [-0.05, 0) is 26.0 Å². The van der Waals surface area contributed by atoms with Gasteiger partial charge in [0, 0.05) is 6.54 Å². The molecule has 0 saturated carbocycles. The standard InChI is InChI=1S/C11H14FN3O3/c1-3-13-11(16)7(2)14-9-6-4-5-8(12)10(9)15(17)18/h4-7,14H,3H2,1-2H3,(H,13,16). The van der Waals surface area contributed by atoms with Gasteiger partial charge in [-0.1, -0.05) is 6.07 Å². The lowest BCUT2D eigenvalue weighted by Gasteiger charge is -2.14. The Hall–Kier alpha value is -2.18. The molecular formula is C11H14FN3O3. The second-order valence-corrected chi connectivity index (χ2v) is 3.65. The lowest BCUT2D eigenvalue weighted by atomic mass is 10.2. The Labute approximate surface area is 103 Å². The second-order valence-electron chi connectivity index (χ2n) is 3.65. The summed E-state index contributed by atoms with van der Waals surface area (Å²) in [5, 5.41) is 15.9. The minimum Gasteiger partial charge on any atom is -0.368 e. The third-order valence-electron chi connectivity index (χ3n) is 2.29. The molecule has 0 fully saturated rings. The van der Waals surface area contributed by atoms with E-state index in [9.17, 15) is 19.3 Å². The van der Waals surface area contributed by atoms with Crippen LogP contribution in [-0.2, 0) is 4.79 Å². The molecule has 0 radical (unpaired) electrons. The summed E-state index contributed by atoms with van der Waals surface area (Å²) < 4.78 is 13.3. The number of hydrogen-bond donors (Lipinski definition) is 2. The number of anilines is 1. The first-order chi connectivity index (χ1) is 8.47. The van der Waals surface area contributed by atoms with E-state index in [1.165, 1.54) is 12.1 Å². The minimum absolute atomic E-state index is 0.0150. The van der Waals surface area contributed by atoms with Gasteiger partial charge < -0.3 is 10.6 Å². The third kappa shape index (κ3) is 3.16. The number of benzene rings is 1. The van der Waals surface area contributed by atoms with Gasteiger partial charge in [-0.3, -0.25) is 14.9 Å². The van der Waals surface area contributed by atoms with E-state index in [-0.39, 0.29) is 11.6 Å². The Morgan fingerprint density at radius 1 is 1.56 bits per heavy atom. The number of nitrogens with one attached hydrogen (secondary N) is 2. The van der Waals surface area contributed by atoms with Crippen LogP contribution in [0.4, 0.5) is 15.8 Å². The van der Waals surface area contributed by atoms with Crippen LogP contribution in [0.3, 0.4) is 0 Å². The second kappa shape index (κ2) is 5.95. The zero-order valence-corrected chi connectivity index (χ0v) is 10.1. The lowest BCUT2D eigenvalue weighted by Crippen LogP contribution is -2.37. The van der Waals surface area contributed by atoms with Crippen molar-refractivity contribution >= 4 is 17.3 Å². The average molecular weight is 255 g/mol. The first-order valence-corrected chi connectivity index (χ1v) is 5.44. The van der Waals surface area contributed by atoms with Crippen molar-refractivity contribution in [2.24, 2.45) is 0 Å². The van der Waals surface area contributed by atoms with Crippen molar-refractivity contribution in [2.75, 3.05) is 11.9 Å². The van der Waals surface area contributed by atoms with E-state index in [4.69, 9.17) is 0 Å². The summed E-state index contributed by atoms with van der Waals surface area (Å²) in [4.78, 5) is 21.4. The van der Waals surface area contributed by atoms with Crippen molar-refractivity contribution in [2.45, 2.75) is 19.9 Å². The Morgan fingerprint density at radius 2 is 2.22 bits per heavy atom. The van der Waals surface area contributed by atoms with Gasteiger partial charge in [-0.2, -0.15) is 4.39 Å². The van der Waals surface area contributed by atoms with Gasteiger partial charge in [0.25, 0.3) is 0 Å². The van der Waals surface area contributed by atoms with E-state index in [1.807, 2.05) is 0 Å². The molecule has 1 aromatic carbocycles. The molecule has 0 spiro atoms. The predicted octanol–water partition coefficient (Wildman–Crippen LogP) is 1.67. The first kappa shape index (κ1) is 13.9. The average Bonchev–Trinajstić information content (AvgIpc) is 2.28. The van der Waals surface area contributed by atoms with E-state index in [1.54, 1.807) is 13.8 Å². The van der Waals surface area contributed by atoms with Gasteiger partial charge in [-0.15, -0.1) is 0 Å². The molecule has 1 atom stereocenters. The zero-order valence-electron chi connectivity index (χ0n) is 10.1. The van der Waals surface area contributed by atoms with Crippen molar-refractivity contribution in [3.63, 3.8) is 0 Å². The molecule has 0 saturated heterocycles. The number of nitrogens with zero attached hydrogens (tertiary/aromatic N) is 1. The van der Waals surface area contributed by atoms with Crippen LogP contribution in [0.25, 0.3) is 0 Å². The largest absolute Gasteiger partial charge is 0.368 e. The summed E-state index contributed by atoms with van der Waals surface area (Å²) in [7, 11) is 0. The molecular weight excluding hydrogens is 241 g/mol. The van der Waals surface area contributed by atoms with Crippen molar-refractivity contribution in [3.8, 4) is 0 Å². The van der Waals surface area contributed by atoms with Gasteiger partial charge in [0.2, 0.25) is 11.7 Å². The Morgan fingerprint density at radius 3 is 2.78 bits per heavy atom. The number of carbonyl (C=O) groups excluding carboxylic acids is 1. The maximum Gasteiger partial charge on any atom is 0.327 e. The molecule has 0 aromatic heterocycles. The molecule has 0 bridgehead atoms. The van der Waals surface area contributed by atoms with Crippen LogP contribution in [-0.4, -0.2) is 23.4 Å². The van der Waals surface area contributed by atoms with E-state index < -0.39 is 22.5 Å². The minimum atomic E-state index is -0.937. The first-order valence-electron chi connectivity index (χ1n) is 5.44. The fourth-order valence-corrected chi connectivity index (χ4v) is 1.44. The number of carbonyl (C=O) groups is 1. The highest BCUT2D eigenvalue weighted by atomic mass is 19.1. The van der Waals surface area contributed by atoms with Crippen molar-refractivity contribution in [3.05, 3.63) is 34.1 Å². The maximum absolute atomic E-state index is 13.3.